The van der Waals surface area contributed by atoms with Gasteiger partial charge in [0.15, 0.2) is 0 Å². The van der Waals surface area contributed by atoms with E-state index in [4.69, 9.17) is 33.0 Å². The Morgan fingerprint density at radius 1 is 1.20 bits per heavy atom. The van der Waals surface area contributed by atoms with Crippen LogP contribution in [-0.4, -0.2) is 72.3 Å². The molecule has 1 aliphatic rings. The number of nitrogens with one attached hydrogen (secondary N) is 1. The van der Waals surface area contributed by atoms with Crippen molar-refractivity contribution in [2.24, 2.45) is 0 Å². The first kappa shape index (κ1) is 27.8. The van der Waals surface area contributed by atoms with Gasteiger partial charge in [-0.05, 0) is 69.1 Å². The van der Waals surface area contributed by atoms with Crippen molar-refractivity contribution in [3.05, 3.63) is 63.6 Å². The van der Waals surface area contributed by atoms with Gasteiger partial charge in [0.25, 0.3) is 0 Å². The second-order valence-electron chi connectivity index (χ2n) is 10.2. The average Bonchev–Trinajstić information content (AvgIpc) is 3.23. The summed E-state index contributed by atoms with van der Waals surface area (Å²) in [6.07, 6.45) is 1.33. The van der Waals surface area contributed by atoms with Crippen molar-refractivity contribution in [3.63, 3.8) is 0 Å². The van der Waals surface area contributed by atoms with E-state index < -0.39 is 0 Å². The molecule has 1 aliphatic heterocycles. The summed E-state index contributed by atoms with van der Waals surface area (Å²) in [4.78, 5) is 17.6. The summed E-state index contributed by atoms with van der Waals surface area (Å²) in [5.74, 6) is 0.708. The van der Waals surface area contributed by atoms with E-state index >= 15 is 0 Å². The van der Waals surface area contributed by atoms with Gasteiger partial charge in [0.2, 0.25) is 5.91 Å². The van der Waals surface area contributed by atoms with E-state index in [2.05, 4.69) is 31.0 Å². The molecule has 3 rings (SSSR count). The van der Waals surface area contributed by atoms with E-state index in [0.29, 0.717) is 21.8 Å². The summed E-state index contributed by atoms with van der Waals surface area (Å²) in [7, 11) is 1.86. The Labute approximate surface area is 219 Å². The van der Waals surface area contributed by atoms with Crippen LogP contribution in [0.3, 0.4) is 0 Å². The molecule has 35 heavy (non-hydrogen) atoms. The fourth-order valence-electron chi connectivity index (χ4n) is 4.50. The van der Waals surface area contributed by atoms with Crippen molar-refractivity contribution in [1.29, 1.82) is 0 Å². The molecule has 0 aromatic heterocycles. The third-order valence-corrected chi connectivity index (χ3v) is 6.90. The number of rotatable bonds is 10. The average molecular weight is 523 g/mol. The fraction of sp³-hybridized carbons (Fsp3) is 0.519. The van der Waals surface area contributed by atoms with Gasteiger partial charge >= 0.3 is 0 Å². The number of likely N-dealkylation sites (N-methyl/N-ethyl adjacent to an activating group) is 1. The Morgan fingerprint density at radius 3 is 2.54 bits per heavy atom. The Hall–Kier alpha value is -1.83. The molecule has 0 bridgehead atoms. The molecule has 1 heterocycles. The van der Waals surface area contributed by atoms with Gasteiger partial charge in [-0.15, -0.1) is 0 Å². The number of amides is 1. The van der Waals surface area contributed by atoms with E-state index in [-0.39, 0.29) is 37.1 Å². The molecule has 2 atom stereocenters. The normalized spacial score (nSPS) is 17.4. The zero-order chi connectivity index (χ0) is 25.6. The molecule has 0 radical (unpaired) electrons. The van der Waals surface area contributed by atoms with E-state index in [0.717, 1.165) is 37.2 Å². The number of nitrogens with zero attached hydrogens (tertiary/aromatic N) is 2. The Morgan fingerprint density at radius 2 is 1.91 bits per heavy atom. The number of carbonyl (C=O) groups is 1. The number of carbonyl (C=O) groups excluding carboxylic acids is 1. The lowest BCUT2D eigenvalue weighted by Crippen LogP contribution is -2.45. The predicted octanol–water partition coefficient (Wildman–Crippen LogP) is 4.57. The highest BCUT2D eigenvalue weighted by Gasteiger charge is 2.30. The first-order valence-corrected chi connectivity index (χ1v) is 12.8. The van der Waals surface area contributed by atoms with Gasteiger partial charge in [-0.2, -0.15) is 0 Å². The van der Waals surface area contributed by atoms with Crippen molar-refractivity contribution < 1.29 is 14.6 Å². The van der Waals surface area contributed by atoms with E-state index in [9.17, 15) is 4.79 Å². The van der Waals surface area contributed by atoms with E-state index in [1.807, 2.05) is 42.3 Å². The predicted molar refractivity (Wildman–Crippen MR) is 142 cm³/mol. The van der Waals surface area contributed by atoms with Crippen molar-refractivity contribution >= 4 is 29.1 Å². The first-order chi connectivity index (χ1) is 16.6. The van der Waals surface area contributed by atoms with Crippen LogP contribution in [0.15, 0.2) is 42.5 Å². The van der Waals surface area contributed by atoms with Crippen LogP contribution < -0.4 is 10.1 Å². The zero-order valence-electron chi connectivity index (χ0n) is 21.1. The highest BCUT2D eigenvalue weighted by Crippen LogP contribution is 2.27. The second kappa shape index (κ2) is 12.4. The first-order valence-electron chi connectivity index (χ1n) is 12.1. The number of benzene rings is 2. The SMILES string of the molecule is CN(C(=O)Cc1ccc(Cl)c(Cl)c1)[C@H](CN1CC[C@H](NC(C)(C)C)C1)c1ccc(OCCO)cc1. The molecule has 0 saturated carbocycles. The topological polar surface area (TPSA) is 65.0 Å². The maximum atomic E-state index is 13.3. The quantitative estimate of drug-likeness (QED) is 0.479. The smallest absolute Gasteiger partial charge is 0.227 e. The Kier molecular flexibility index (Phi) is 9.85. The molecule has 2 aromatic rings. The lowest BCUT2D eigenvalue weighted by atomic mass is 10.0. The molecule has 0 unspecified atom stereocenters. The third kappa shape index (κ3) is 8.36. The summed E-state index contributed by atoms with van der Waals surface area (Å²) < 4.78 is 5.52. The lowest BCUT2D eigenvalue weighted by Gasteiger charge is -2.33. The summed E-state index contributed by atoms with van der Waals surface area (Å²) in [5.41, 5.74) is 1.94. The molecule has 8 heteroatoms. The number of hydrogen-bond acceptors (Lipinski definition) is 5. The van der Waals surface area contributed by atoms with E-state index in [1.165, 1.54) is 0 Å². The second-order valence-corrected chi connectivity index (χ2v) is 11.0. The minimum absolute atomic E-state index is 0.0116. The summed E-state index contributed by atoms with van der Waals surface area (Å²) in [6, 6.07) is 13.4. The molecule has 0 spiro atoms. The molecule has 1 fully saturated rings. The van der Waals surface area contributed by atoms with Crippen molar-refractivity contribution in [1.82, 2.24) is 15.1 Å². The van der Waals surface area contributed by atoms with Gasteiger partial charge in [0, 0.05) is 31.7 Å². The summed E-state index contributed by atoms with van der Waals surface area (Å²) in [6.45, 7) is 9.45. The van der Waals surface area contributed by atoms with Crippen LogP contribution in [0.25, 0.3) is 0 Å². The standard InChI is InChI=1S/C27H37Cl2N3O3/c1-27(2,3)30-21-11-12-32(17-21)18-25(20-6-8-22(9-7-20)35-14-13-33)31(4)26(34)16-19-5-10-23(28)24(29)15-19/h5-10,15,21,25,30,33H,11-14,16-18H2,1-4H3/t21-,25+/m0/s1. The van der Waals surface area contributed by atoms with Gasteiger partial charge < -0.3 is 20.1 Å². The molecule has 1 saturated heterocycles. The van der Waals surface area contributed by atoms with Gasteiger partial charge in [0.05, 0.1) is 29.1 Å². The molecular weight excluding hydrogens is 485 g/mol. The van der Waals surface area contributed by atoms with Gasteiger partial charge in [-0.1, -0.05) is 41.4 Å². The van der Waals surface area contributed by atoms with Crippen LogP contribution in [0.5, 0.6) is 5.75 Å². The molecule has 0 aliphatic carbocycles. The molecule has 2 aromatic carbocycles. The largest absolute Gasteiger partial charge is 0.491 e. The number of ether oxygens (including phenoxy) is 1. The van der Waals surface area contributed by atoms with Crippen molar-refractivity contribution in [2.75, 3.05) is 39.9 Å². The number of aliphatic hydroxyl groups is 1. The maximum Gasteiger partial charge on any atom is 0.227 e. The monoisotopic (exact) mass is 521 g/mol. The Balaban J connectivity index is 1.76. The maximum absolute atomic E-state index is 13.3. The molecule has 6 nitrogen and oxygen atoms in total. The lowest BCUT2D eigenvalue weighted by molar-refractivity contribution is -0.131. The number of likely N-dealkylation sites (tertiary alicyclic amines) is 1. The van der Waals surface area contributed by atoms with Crippen molar-refractivity contribution in [2.45, 2.75) is 51.2 Å². The van der Waals surface area contributed by atoms with Crippen LogP contribution >= 0.6 is 23.2 Å². The summed E-state index contributed by atoms with van der Waals surface area (Å²) >= 11 is 12.2. The van der Waals surface area contributed by atoms with Gasteiger partial charge in [-0.3, -0.25) is 9.69 Å². The highest BCUT2D eigenvalue weighted by molar-refractivity contribution is 6.42. The number of halogens is 2. The van der Waals surface area contributed by atoms with Crippen LogP contribution in [0.4, 0.5) is 0 Å². The number of hydrogen-bond donors (Lipinski definition) is 2. The van der Waals surface area contributed by atoms with Gasteiger partial charge in [0.1, 0.15) is 12.4 Å². The molecule has 2 N–H and O–H groups in total. The molecular formula is C27H37Cl2N3O3. The van der Waals surface area contributed by atoms with Crippen LogP contribution in [0, 0.1) is 0 Å². The van der Waals surface area contributed by atoms with Crippen LogP contribution in [-0.2, 0) is 11.2 Å². The van der Waals surface area contributed by atoms with Crippen LogP contribution in [0.2, 0.25) is 10.0 Å². The minimum atomic E-state index is -0.120. The zero-order valence-corrected chi connectivity index (χ0v) is 22.6. The highest BCUT2D eigenvalue weighted by atomic mass is 35.5. The van der Waals surface area contributed by atoms with Crippen molar-refractivity contribution in [3.8, 4) is 5.75 Å². The fourth-order valence-corrected chi connectivity index (χ4v) is 4.82. The number of aliphatic hydroxyl groups excluding tert-OH is 1. The molecule has 1 amide bonds. The molecule has 192 valence electrons. The minimum Gasteiger partial charge on any atom is -0.491 e. The summed E-state index contributed by atoms with van der Waals surface area (Å²) in [5, 5.41) is 13.6. The third-order valence-electron chi connectivity index (χ3n) is 6.17. The Bertz CT molecular complexity index is 979. The van der Waals surface area contributed by atoms with Gasteiger partial charge in [-0.25, -0.2) is 0 Å². The van der Waals surface area contributed by atoms with E-state index in [1.54, 1.807) is 12.1 Å². The van der Waals surface area contributed by atoms with Crippen LogP contribution in [0.1, 0.15) is 44.4 Å².